The second kappa shape index (κ2) is 15.3. The second-order valence-electron chi connectivity index (χ2n) is 11.3. The van der Waals surface area contributed by atoms with Crippen LogP contribution >= 0.6 is 0 Å². The van der Waals surface area contributed by atoms with Gasteiger partial charge in [-0.1, -0.05) is 42.0 Å². The molecule has 2 amide bonds. The molecule has 1 aliphatic heterocycles. The van der Waals surface area contributed by atoms with Gasteiger partial charge in [0.25, 0.3) is 0 Å². The molecule has 1 N–H and O–H groups in total. The fourth-order valence-corrected chi connectivity index (χ4v) is 5.01. The number of hydrogen-bond donors (Lipinski definition) is 1. The summed E-state index contributed by atoms with van der Waals surface area (Å²) in [5, 5.41) is 3.05. The molecule has 7 heteroatoms. The Balaban J connectivity index is 1.49. The normalized spacial score (nSPS) is 15.1. The van der Waals surface area contributed by atoms with Crippen molar-refractivity contribution in [2.45, 2.75) is 78.6 Å². The van der Waals surface area contributed by atoms with Gasteiger partial charge in [0, 0.05) is 56.6 Å². The lowest BCUT2D eigenvalue weighted by Gasteiger charge is -2.27. The Morgan fingerprint density at radius 3 is 2.39 bits per heavy atom. The Bertz CT molecular complexity index is 1260. The number of nitrogens with zero attached hydrogens (tertiary/aromatic N) is 3. The maximum Gasteiger partial charge on any atom is 0.234 e. The third-order valence-electron chi connectivity index (χ3n) is 7.57. The molecule has 4 rings (SSSR count). The van der Waals surface area contributed by atoms with Gasteiger partial charge in [-0.2, -0.15) is 0 Å². The highest BCUT2D eigenvalue weighted by Crippen LogP contribution is 2.25. The van der Waals surface area contributed by atoms with Crippen LogP contribution in [-0.4, -0.2) is 52.3 Å². The van der Waals surface area contributed by atoms with E-state index in [2.05, 4.69) is 72.4 Å². The summed E-state index contributed by atoms with van der Waals surface area (Å²) >= 11 is 0. The molecular formula is C34H44N4O3. The van der Waals surface area contributed by atoms with Crippen molar-refractivity contribution in [3.8, 4) is 5.75 Å². The summed E-state index contributed by atoms with van der Waals surface area (Å²) in [6.07, 6.45) is 7.50. The lowest BCUT2D eigenvalue weighted by atomic mass is 10.0. The summed E-state index contributed by atoms with van der Waals surface area (Å²) in [7, 11) is 0. The fraction of sp³-hybridized carbons (Fsp3) is 0.441. The van der Waals surface area contributed by atoms with E-state index in [1.54, 1.807) is 12.4 Å². The Kier molecular flexibility index (Phi) is 11.3. The maximum atomic E-state index is 13.6. The van der Waals surface area contributed by atoms with Crippen molar-refractivity contribution < 1.29 is 14.3 Å². The lowest BCUT2D eigenvalue weighted by molar-refractivity contribution is -0.132. The van der Waals surface area contributed by atoms with E-state index in [0.29, 0.717) is 52.2 Å². The second-order valence-corrected chi connectivity index (χ2v) is 11.3. The van der Waals surface area contributed by atoms with E-state index >= 15 is 0 Å². The number of pyridine rings is 1. The van der Waals surface area contributed by atoms with E-state index in [4.69, 9.17) is 4.74 Å². The van der Waals surface area contributed by atoms with E-state index in [1.807, 2.05) is 23.1 Å². The van der Waals surface area contributed by atoms with Gasteiger partial charge < -0.3 is 15.0 Å². The minimum absolute atomic E-state index is 0.0602. The zero-order valence-corrected chi connectivity index (χ0v) is 24.8. The van der Waals surface area contributed by atoms with Gasteiger partial charge in [-0.25, -0.2) is 0 Å². The molecule has 0 unspecified atom stereocenters. The van der Waals surface area contributed by atoms with Crippen LogP contribution in [0, 0.1) is 6.92 Å². The van der Waals surface area contributed by atoms with E-state index in [-0.39, 0.29) is 17.9 Å². The molecular weight excluding hydrogens is 512 g/mol. The molecule has 0 radical (unpaired) electrons. The van der Waals surface area contributed by atoms with Crippen LogP contribution in [0.4, 0.5) is 0 Å². The zero-order valence-electron chi connectivity index (χ0n) is 24.8. The van der Waals surface area contributed by atoms with Gasteiger partial charge in [0.2, 0.25) is 11.8 Å². The van der Waals surface area contributed by atoms with Gasteiger partial charge >= 0.3 is 0 Å². The van der Waals surface area contributed by atoms with Crippen molar-refractivity contribution in [1.82, 2.24) is 20.1 Å². The van der Waals surface area contributed by atoms with Gasteiger partial charge in [-0.15, -0.1) is 0 Å². The Labute approximate surface area is 244 Å². The topological polar surface area (TPSA) is 74.8 Å². The van der Waals surface area contributed by atoms with Gasteiger partial charge in [0.05, 0.1) is 13.2 Å². The van der Waals surface area contributed by atoms with Crippen LogP contribution in [-0.2, 0) is 35.6 Å². The minimum Gasteiger partial charge on any atom is -0.493 e. The highest BCUT2D eigenvalue weighted by Gasteiger charge is 2.19. The predicted molar refractivity (Wildman–Crippen MR) is 162 cm³/mol. The van der Waals surface area contributed by atoms with E-state index in [9.17, 15) is 9.59 Å². The van der Waals surface area contributed by atoms with Gasteiger partial charge in [0.15, 0.2) is 0 Å². The maximum absolute atomic E-state index is 13.6. The smallest absolute Gasteiger partial charge is 0.234 e. The SMILES string of the molecule is Cc1ccc(CN(Cc2ccncc2)C(=O)CCc2ccc3c(c2)CN(C(C)C)CC(=O)NCCCCCO3)cc1. The molecule has 1 aliphatic rings. The lowest BCUT2D eigenvalue weighted by Crippen LogP contribution is -2.40. The summed E-state index contributed by atoms with van der Waals surface area (Å²) in [6.45, 7) is 9.72. The number of carbonyl (C=O) groups excluding carboxylic acids is 2. The molecule has 0 aliphatic carbocycles. The van der Waals surface area contributed by atoms with Gasteiger partial charge in [-0.05, 0) is 81.3 Å². The van der Waals surface area contributed by atoms with Gasteiger partial charge in [-0.3, -0.25) is 19.5 Å². The van der Waals surface area contributed by atoms with Crippen molar-refractivity contribution in [3.05, 3.63) is 94.8 Å². The number of nitrogens with one attached hydrogen (secondary N) is 1. The molecule has 1 aromatic heterocycles. The molecule has 2 aromatic carbocycles. The van der Waals surface area contributed by atoms with Crippen molar-refractivity contribution in [3.63, 3.8) is 0 Å². The summed E-state index contributed by atoms with van der Waals surface area (Å²) in [6, 6.07) is 18.7. The first-order valence-electron chi connectivity index (χ1n) is 14.8. The van der Waals surface area contributed by atoms with Crippen molar-refractivity contribution in [2.24, 2.45) is 0 Å². The van der Waals surface area contributed by atoms with Crippen molar-refractivity contribution >= 4 is 11.8 Å². The van der Waals surface area contributed by atoms with Crippen molar-refractivity contribution in [1.29, 1.82) is 0 Å². The first-order valence-corrected chi connectivity index (χ1v) is 14.8. The first kappa shape index (κ1) is 30.3. The number of hydrogen-bond acceptors (Lipinski definition) is 5. The highest BCUT2D eigenvalue weighted by molar-refractivity contribution is 5.78. The number of aryl methyl sites for hydroxylation is 2. The van der Waals surface area contributed by atoms with Gasteiger partial charge in [0.1, 0.15) is 5.75 Å². The van der Waals surface area contributed by atoms with E-state index in [0.717, 1.165) is 47.3 Å². The van der Waals surface area contributed by atoms with Crippen LogP contribution in [0.25, 0.3) is 0 Å². The minimum atomic E-state index is 0.0602. The molecule has 0 fully saturated rings. The Morgan fingerprint density at radius 2 is 1.66 bits per heavy atom. The number of ether oxygens (including phenoxy) is 1. The molecule has 41 heavy (non-hydrogen) atoms. The third-order valence-corrected chi connectivity index (χ3v) is 7.57. The molecule has 7 nitrogen and oxygen atoms in total. The number of aromatic nitrogens is 1. The number of carbonyl (C=O) groups is 2. The van der Waals surface area contributed by atoms with E-state index in [1.165, 1.54) is 5.56 Å². The first-order chi connectivity index (χ1) is 19.9. The Hall–Kier alpha value is -3.71. The van der Waals surface area contributed by atoms with Crippen LogP contribution < -0.4 is 10.1 Å². The van der Waals surface area contributed by atoms with Crippen molar-refractivity contribution in [2.75, 3.05) is 19.7 Å². The number of benzene rings is 2. The summed E-state index contributed by atoms with van der Waals surface area (Å²) in [5.74, 6) is 1.04. The van der Waals surface area contributed by atoms with Crippen LogP contribution in [0.3, 0.4) is 0 Å². The molecule has 2 heterocycles. The van der Waals surface area contributed by atoms with E-state index < -0.39 is 0 Å². The summed E-state index contributed by atoms with van der Waals surface area (Å²) in [5.41, 5.74) is 5.53. The summed E-state index contributed by atoms with van der Waals surface area (Å²) < 4.78 is 6.20. The zero-order chi connectivity index (χ0) is 29.0. The standard InChI is InChI=1S/C34H44N4O3/c1-26(2)37-24-31-21-28(11-13-32(31)41-20-6-4-5-17-36-33(39)25-37)12-14-34(40)38(23-30-15-18-35-19-16-30)22-29-9-7-27(3)8-10-29/h7-11,13,15-16,18-19,21,26H,4-6,12,14,17,20,22-25H2,1-3H3,(H,36,39). The molecule has 0 spiro atoms. The largest absolute Gasteiger partial charge is 0.493 e. The average Bonchev–Trinajstić information content (AvgIpc) is 2.98. The summed E-state index contributed by atoms with van der Waals surface area (Å²) in [4.78, 5) is 34.4. The molecule has 0 bridgehead atoms. The molecule has 0 saturated heterocycles. The molecule has 3 aromatic rings. The fourth-order valence-electron chi connectivity index (χ4n) is 5.01. The molecule has 0 atom stereocenters. The van der Waals surface area contributed by atoms with Crippen LogP contribution in [0.15, 0.2) is 67.0 Å². The number of rotatable bonds is 8. The molecule has 218 valence electrons. The quantitative estimate of drug-likeness (QED) is 0.400. The Morgan fingerprint density at radius 1 is 0.951 bits per heavy atom. The van der Waals surface area contributed by atoms with Crippen LogP contribution in [0.1, 0.15) is 67.3 Å². The monoisotopic (exact) mass is 556 g/mol. The van der Waals surface area contributed by atoms with Crippen LogP contribution in [0.5, 0.6) is 5.75 Å². The average molecular weight is 557 g/mol. The third kappa shape index (κ3) is 9.71. The van der Waals surface area contributed by atoms with Crippen LogP contribution in [0.2, 0.25) is 0 Å². The molecule has 0 saturated carbocycles. The number of amides is 2. The predicted octanol–water partition coefficient (Wildman–Crippen LogP) is 5.44. The highest BCUT2D eigenvalue weighted by atomic mass is 16.5. The number of fused-ring (bicyclic) bond motifs is 1.